The number of aliphatic hydroxyl groups excluding tert-OH is 2. The maximum absolute atomic E-state index is 9.83. The number of aromatic nitrogens is 1. The first-order valence-corrected chi connectivity index (χ1v) is 6.23. The van der Waals surface area contributed by atoms with E-state index in [1.165, 1.54) is 0 Å². The summed E-state index contributed by atoms with van der Waals surface area (Å²) in [5.41, 5.74) is 0.638. The largest absolute Gasteiger partial charge is 0.390 e. The third-order valence-electron chi connectivity index (χ3n) is 2.34. The standard InChI is InChI=1S/C11H17BrN2O2/c1-14(2)10-4-3-8(7-13-10)11(16)9(15)5-6-12/h3-4,7,9,11,15-16H,5-6H2,1-2H3. The molecule has 1 aromatic heterocycles. The summed E-state index contributed by atoms with van der Waals surface area (Å²) in [5.74, 6) is 0.825. The number of halogens is 1. The highest BCUT2D eigenvalue weighted by molar-refractivity contribution is 9.09. The molecule has 0 saturated carbocycles. The molecule has 5 heteroatoms. The van der Waals surface area contributed by atoms with Gasteiger partial charge in [0.1, 0.15) is 11.9 Å². The van der Waals surface area contributed by atoms with Gasteiger partial charge < -0.3 is 15.1 Å². The molecule has 4 nitrogen and oxygen atoms in total. The molecule has 0 saturated heterocycles. The van der Waals surface area contributed by atoms with Gasteiger partial charge in [-0.3, -0.25) is 0 Å². The number of hydrogen-bond donors (Lipinski definition) is 2. The van der Waals surface area contributed by atoms with Gasteiger partial charge in [-0.25, -0.2) is 4.98 Å². The zero-order valence-corrected chi connectivity index (χ0v) is 11.1. The van der Waals surface area contributed by atoms with Gasteiger partial charge in [0.15, 0.2) is 0 Å². The van der Waals surface area contributed by atoms with Crippen molar-refractivity contribution in [2.75, 3.05) is 24.3 Å². The highest BCUT2D eigenvalue weighted by Gasteiger charge is 2.17. The Labute approximate surface area is 104 Å². The third kappa shape index (κ3) is 3.43. The Kier molecular flexibility index (Phi) is 5.18. The SMILES string of the molecule is CN(C)c1ccc(C(O)C(O)CCBr)cn1. The lowest BCUT2D eigenvalue weighted by atomic mass is 10.0. The Balaban J connectivity index is 2.73. The summed E-state index contributed by atoms with van der Waals surface area (Å²) in [4.78, 5) is 6.06. The molecule has 1 heterocycles. The first-order chi connectivity index (χ1) is 7.56. The number of anilines is 1. The van der Waals surface area contributed by atoms with Gasteiger partial charge in [0.25, 0.3) is 0 Å². The van der Waals surface area contributed by atoms with Crippen molar-refractivity contribution in [3.05, 3.63) is 23.9 Å². The van der Waals surface area contributed by atoms with Gasteiger partial charge >= 0.3 is 0 Å². The minimum atomic E-state index is -0.874. The lowest BCUT2D eigenvalue weighted by molar-refractivity contribution is 0.0172. The van der Waals surface area contributed by atoms with Crippen LogP contribution < -0.4 is 4.90 Å². The summed E-state index contributed by atoms with van der Waals surface area (Å²) in [6, 6.07) is 3.60. The normalized spacial score (nSPS) is 14.6. The van der Waals surface area contributed by atoms with Crippen LogP contribution >= 0.6 is 15.9 Å². The highest BCUT2D eigenvalue weighted by Crippen LogP contribution is 2.20. The van der Waals surface area contributed by atoms with Crippen molar-refractivity contribution in [2.45, 2.75) is 18.6 Å². The van der Waals surface area contributed by atoms with Gasteiger partial charge in [-0.15, -0.1) is 0 Å². The fraction of sp³-hybridized carbons (Fsp3) is 0.545. The Morgan fingerprint density at radius 3 is 2.50 bits per heavy atom. The molecule has 0 fully saturated rings. The predicted octanol–water partition coefficient (Wildman–Crippen LogP) is 1.33. The van der Waals surface area contributed by atoms with Gasteiger partial charge in [0, 0.05) is 31.2 Å². The number of pyridine rings is 1. The van der Waals surface area contributed by atoms with Crippen LogP contribution in [0.1, 0.15) is 18.1 Å². The number of aliphatic hydroxyl groups is 2. The second-order valence-corrected chi connectivity index (χ2v) is 4.63. The zero-order valence-electron chi connectivity index (χ0n) is 9.47. The van der Waals surface area contributed by atoms with Gasteiger partial charge in [-0.05, 0) is 12.5 Å². The summed E-state index contributed by atoms with van der Waals surface area (Å²) in [5, 5.41) is 20.1. The average Bonchev–Trinajstić information content (AvgIpc) is 2.28. The van der Waals surface area contributed by atoms with Gasteiger partial charge in [-0.1, -0.05) is 22.0 Å². The third-order valence-corrected chi connectivity index (χ3v) is 2.80. The number of alkyl halides is 1. The number of nitrogens with zero attached hydrogens (tertiary/aromatic N) is 2. The van der Waals surface area contributed by atoms with Gasteiger partial charge in [0.2, 0.25) is 0 Å². The quantitative estimate of drug-likeness (QED) is 0.803. The molecule has 0 bridgehead atoms. The summed E-state index contributed by atoms with van der Waals surface area (Å²) < 4.78 is 0. The minimum Gasteiger partial charge on any atom is -0.390 e. The second kappa shape index (κ2) is 6.18. The van der Waals surface area contributed by atoms with Crippen LogP contribution in [0.4, 0.5) is 5.82 Å². The number of rotatable bonds is 5. The van der Waals surface area contributed by atoms with Crippen LogP contribution in [-0.2, 0) is 0 Å². The Morgan fingerprint density at radius 1 is 1.38 bits per heavy atom. The Hall–Kier alpha value is -0.650. The topological polar surface area (TPSA) is 56.6 Å². The highest BCUT2D eigenvalue weighted by atomic mass is 79.9. The van der Waals surface area contributed by atoms with E-state index in [2.05, 4.69) is 20.9 Å². The molecule has 2 N–H and O–H groups in total. The molecule has 0 aliphatic heterocycles. The smallest absolute Gasteiger partial charge is 0.127 e. The molecular weight excluding hydrogens is 272 g/mol. The summed E-state index contributed by atoms with van der Waals surface area (Å²) >= 11 is 3.23. The molecule has 2 unspecified atom stereocenters. The van der Waals surface area contributed by atoms with Gasteiger partial charge in [-0.2, -0.15) is 0 Å². The minimum absolute atomic E-state index is 0.511. The summed E-state index contributed by atoms with van der Waals surface area (Å²) in [7, 11) is 3.80. The molecule has 0 aliphatic carbocycles. The summed E-state index contributed by atoms with van der Waals surface area (Å²) in [6.07, 6.45) is 0.473. The van der Waals surface area contributed by atoms with Gasteiger partial charge in [0.05, 0.1) is 6.10 Å². The maximum Gasteiger partial charge on any atom is 0.127 e. The van der Waals surface area contributed by atoms with Crippen molar-refractivity contribution < 1.29 is 10.2 Å². The van der Waals surface area contributed by atoms with Crippen LogP contribution in [-0.4, -0.2) is 40.7 Å². The molecule has 2 atom stereocenters. The monoisotopic (exact) mass is 288 g/mol. The zero-order chi connectivity index (χ0) is 12.1. The molecule has 1 rings (SSSR count). The van der Waals surface area contributed by atoms with E-state index in [1.54, 1.807) is 12.3 Å². The molecule has 1 aromatic rings. The molecule has 0 spiro atoms. The molecule has 90 valence electrons. The van der Waals surface area contributed by atoms with E-state index in [-0.39, 0.29) is 0 Å². The molecule has 0 radical (unpaired) electrons. The van der Waals surface area contributed by atoms with Crippen molar-refractivity contribution in [1.82, 2.24) is 4.98 Å². The van der Waals surface area contributed by atoms with Crippen LogP contribution in [0.3, 0.4) is 0 Å². The van der Waals surface area contributed by atoms with E-state index in [1.807, 2.05) is 25.1 Å². The molecule has 0 aliphatic rings. The van der Waals surface area contributed by atoms with E-state index in [0.717, 1.165) is 5.82 Å². The van der Waals surface area contributed by atoms with Crippen LogP contribution in [0.15, 0.2) is 18.3 Å². The lowest BCUT2D eigenvalue weighted by Gasteiger charge is -2.18. The van der Waals surface area contributed by atoms with Crippen LogP contribution in [0, 0.1) is 0 Å². The molecule has 0 aromatic carbocycles. The van der Waals surface area contributed by atoms with Crippen molar-refractivity contribution in [3.8, 4) is 0 Å². The first kappa shape index (κ1) is 13.4. The summed E-state index contributed by atoms with van der Waals surface area (Å²) in [6.45, 7) is 0. The number of hydrogen-bond acceptors (Lipinski definition) is 4. The lowest BCUT2D eigenvalue weighted by Crippen LogP contribution is -2.19. The first-order valence-electron chi connectivity index (χ1n) is 5.11. The molecular formula is C11H17BrN2O2. The van der Waals surface area contributed by atoms with Crippen LogP contribution in [0.25, 0.3) is 0 Å². The van der Waals surface area contributed by atoms with Crippen molar-refractivity contribution >= 4 is 21.7 Å². The fourth-order valence-electron chi connectivity index (χ4n) is 1.33. The van der Waals surface area contributed by atoms with Crippen LogP contribution in [0.5, 0.6) is 0 Å². The Bertz CT molecular complexity index is 316. The Morgan fingerprint density at radius 2 is 2.06 bits per heavy atom. The predicted molar refractivity (Wildman–Crippen MR) is 67.9 cm³/mol. The van der Waals surface area contributed by atoms with Crippen molar-refractivity contribution in [3.63, 3.8) is 0 Å². The molecule has 0 amide bonds. The van der Waals surface area contributed by atoms with E-state index in [0.29, 0.717) is 17.3 Å². The van der Waals surface area contributed by atoms with Crippen molar-refractivity contribution in [2.24, 2.45) is 0 Å². The maximum atomic E-state index is 9.83. The average molecular weight is 289 g/mol. The van der Waals surface area contributed by atoms with Crippen LogP contribution in [0.2, 0.25) is 0 Å². The van der Waals surface area contributed by atoms with E-state index >= 15 is 0 Å². The van der Waals surface area contributed by atoms with E-state index in [9.17, 15) is 10.2 Å². The molecule has 16 heavy (non-hydrogen) atoms. The van der Waals surface area contributed by atoms with E-state index in [4.69, 9.17) is 0 Å². The van der Waals surface area contributed by atoms with E-state index < -0.39 is 12.2 Å². The fourth-order valence-corrected chi connectivity index (χ4v) is 1.80. The van der Waals surface area contributed by atoms with Crippen molar-refractivity contribution in [1.29, 1.82) is 0 Å². The second-order valence-electron chi connectivity index (χ2n) is 3.83.